The average Bonchev–Trinajstić information content (AvgIpc) is 3.37. The molecule has 7 rings (SSSR count). The first-order chi connectivity index (χ1) is 35.3. The first-order valence-electron chi connectivity index (χ1n) is 25.8. The largest absolute Gasteiger partial charge is 0.495 e. The van der Waals surface area contributed by atoms with Crippen LogP contribution < -0.4 is 46.7 Å². The van der Waals surface area contributed by atoms with Crippen molar-refractivity contribution >= 4 is 64.9 Å². The van der Waals surface area contributed by atoms with Gasteiger partial charge < -0.3 is 50.8 Å². The van der Waals surface area contributed by atoms with Gasteiger partial charge in [-0.2, -0.15) is 4.98 Å². The van der Waals surface area contributed by atoms with E-state index < -0.39 is 30.7 Å². The lowest BCUT2D eigenvalue weighted by Crippen LogP contribution is -2.62. The molecule has 6 N–H and O–H groups in total. The molecule has 2 unspecified atom stereocenters. The van der Waals surface area contributed by atoms with Gasteiger partial charge in [-0.05, 0) is 167 Å². The van der Waals surface area contributed by atoms with Crippen LogP contribution in [0.4, 0.5) is 23.1 Å². The Labute approximate surface area is 442 Å². The van der Waals surface area contributed by atoms with Crippen LogP contribution in [0.5, 0.6) is 11.5 Å². The number of nitrogens with one attached hydrogen (secondary N) is 6. The number of carbonyl (C=O) groups is 3. The van der Waals surface area contributed by atoms with E-state index in [4.69, 9.17) is 21.1 Å². The summed E-state index contributed by atoms with van der Waals surface area (Å²) in [6.07, 6.45) is 8.32. The molecular weight excluding hydrogens is 973 g/mol. The number of likely N-dealkylation sites (N-methyl/N-ethyl adjacent to an activating group) is 1. The summed E-state index contributed by atoms with van der Waals surface area (Å²) in [5.74, 6) is 1.35. The molecule has 0 radical (unpaired) electrons. The molecule has 1 aromatic heterocycles. The lowest BCUT2D eigenvalue weighted by atomic mass is 9.83. The molecule has 0 saturated carbocycles. The van der Waals surface area contributed by atoms with E-state index in [-0.39, 0.29) is 30.3 Å². The highest BCUT2D eigenvalue weighted by Crippen LogP contribution is 2.39. The number of rotatable bonds is 22. The molecule has 74 heavy (non-hydrogen) atoms. The number of carbonyl (C=O) groups excluding carboxylic acids is 3. The third-order valence-corrected chi connectivity index (χ3v) is 15.9. The number of fused-ring (bicyclic) bond motifs is 2. The second kappa shape index (κ2) is 25.0. The number of nitrogens with zero attached hydrogens (tertiary/aromatic N) is 3. The molecule has 15 nitrogen and oxygen atoms in total. The maximum absolute atomic E-state index is 14.7. The highest BCUT2D eigenvalue weighted by molar-refractivity contribution is 7.70. The molecule has 1 aliphatic heterocycles. The molecule has 0 bridgehead atoms. The number of amides is 3. The zero-order valence-electron chi connectivity index (χ0n) is 44.5. The number of ether oxygens (including phenoxy) is 2. The summed E-state index contributed by atoms with van der Waals surface area (Å²) in [7, 11) is 0.781. The number of anilines is 4. The van der Waals surface area contributed by atoms with Gasteiger partial charge in [0.15, 0.2) is 5.82 Å². The van der Waals surface area contributed by atoms with Crippen LogP contribution in [0.15, 0.2) is 85.1 Å². The van der Waals surface area contributed by atoms with Crippen LogP contribution >= 0.6 is 18.7 Å². The Kier molecular flexibility index (Phi) is 18.9. The van der Waals surface area contributed by atoms with E-state index in [9.17, 15) is 18.9 Å². The number of aryl methyl sites for hydroxylation is 2. The predicted molar refractivity (Wildman–Crippen MR) is 297 cm³/mol. The summed E-state index contributed by atoms with van der Waals surface area (Å²) in [6.45, 7) is 15.5. The van der Waals surface area contributed by atoms with Gasteiger partial charge in [0.2, 0.25) is 23.7 Å². The van der Waals surface area contributed by atoms with Crippen LogP contribution in [0.3, 0.4) is 0 Å². The molecule has 2 aliphatic rings. The maximum atomic E-state index is 14.7. The van der Waals surface area contributed by atoms with Gasteiger partial charge in [0.1, 0.15) is 35.7 Å². The molecule has 396 valence electrons. The van der Waals surface area contributed by atoms with Crippen molar-refractivity contribution in [2.45, 2.75) is 117 Å². The minimum atomic E-state index is -2.56. The fourth-order valence-corrected chi connectivity index (χ4v) is 10.9. The van der Waals surface area contributed by atoms with Gasteiger partial charge in [-0.25, -0.2) is 4.98 Å². The minimum absolute atomic E-state index is 0.136. The third-order valence-electron chi connectivity index (χ3n) is 14.0. The Morgan fingerprint density at radius 1 is 0.919 bits per heavy atom. The van der Waals surface area contributed by atoms with Crippen molar-refractivity contribution in [2.75, 3.05) is 57.8 Å². The van der Waals surface area contributed by atoms with Gasteiger partial charge in [-0.15, -0.1) is 0 Å². The SMILES string of the molecule is CN[C@H](C)C(=O)N[C@@H](C(=O)N1Cc2cc(OCCCCCNCCc3cc(OC)c(Nc4ncc(Cl)c(Nc5ccccc5P(C)(C)=O)n4)cc3C)ccc2CC1C(=O)NC1CCCc2ccccc21)C(C)(C)C. The van der Waals surface area contributed by atoms with E-state index in [0.717, 1.165) is 97.3 Å². The van der Waals surface area contributed by atoms with Gasteiger partial charge in [0.05, 0.1) is 43.4 Å². The second-order valence-electron chi connectivity index (χ2n) is 21.0. The summed E-state index contributed by atoms with van der Waals surface area (Å²) in [5.41, 5.74) is 7.33. The predicted octanol–water partition coefficient (Wildman–Crippen LogP) is 9.15. The number of benzene rings is 4. The Balaban J connectivity index is 0.905. The van der Waals surface area contributed by atoms with Crippen molar-refractivity contribution in [1.29, 1.82) is 0 Å². The van der Waals surface area contributed by atoms with E-state index in [1.165, 1.54) is 11.8 Å². The van der Waals surface area contributed by atoms with Crippen molar-refractivity contribution in [2.24, 2.45) is 5.41 Å². The summed E-state index contributed by atoms with van der Waals surface area (Å²) in [4.78, 5) is 53.1. The van der Waals surface area contributed by atoms with Crippen LogP contribution in [-0.2, 0) is 44.8 Å². The zero-order valence-corrected chi connectivity index (χ0v) is 46.1. The lowest BCUT2D eigenvalue weighted by molar-refractivity contribution is -0.147. The Morgan fingerprint density at radius 2 is 1.69 bits per heavy atom. The van der Waals surface area contributed by atoms with E-state index >= 15 is 0 Å². The highest BCUT2D eigenvalue weighted by atomic mass is 35.5. The molecule has 0 fully saturated rings. The number of methoxy groups -OCH3 is 1. The fourth-order valence-electron chi connectivity index (χ4n) is 9.65. The number of hydrogen-bond donors (Lipinski definition) is 6. The van der Waals surface area contributed by atoms with Crippen molar-refractivity contribution in [3.05, 3.63) is 123 Å². The van der Waals surface area contributed by atoms with Gasteiger partial charge in [0.25, 0.3) is 0 Å². The molecule has 5 aromatic rings. The quantitative estimate of drug-likeness (QED) is 0.0286. The maximum Gasteiger partial charge on any atom is 0.246 e. The first kappa shape index (κ1) is 55.8. The molecule has 0 spiro atoms. The molecule has 2 heterocycles. The smallest absolute Gasteiger partial charge is 0.246 e. The molecule has 4 aromatic carbocycles. The lowest BCUT2D eigenvalue weighted by Gasteiger charge is -2.41. The van der Waals surface area contributed by atoms with Crippen LogP contribution in [0.25, 0.3) is 0 Å². The van der Waals surface area contributed by atoms with Crippen LogP contribution in [0.2, 0.25) is 5.02 Å². The molecule has 4 atom stereocenters. The van der Waals surface area contributed by atoms with E-state index in [1.54, 1.807) is 39.3 Å². The Bertz CT molecular complexity index is 2830. The average molecular weight is 1050 g/mol. The van der Waals surface area contributed by atoms with E-state index in [1.807, 2.05) is 87.5 Å². The summed E-state index contributed by atoms with van der Waals surface area (Å²) in [6, 6.07) is 23.5. The third kappa shape index (κ3) is 14.2. The Morgan fingerprint density at radius 3 is 2.45 bits per heavy atom. The van der Waals surface area contributed by atoms with Crippen molar-refractivity contribution in [3.63, 3.8) is 0 Å². The van der Waals surface area contributed by atoms with Crippen molar-refractivity contribution < 1.29 is 28.4 Å². The number of hydrogen-bond acceptors (Lipinski definition) is 12. The summed E-state index contributed by atoms with van der Waals surface area (Å²) >= 11 is 6.50. The molecule has 1 aliphatic carbocycles. The molecule has 17 heteroatoms. The first-order valence-corrected chi connectivity index (χ1v) is 28.8. The van der Waals surface area contributed by atoms with Crippen LogP contribution in [0.1, 0.15) is 99.2 Å². The monoisotopic (exact) mass is 1050 g/mol. The molecular formula is C57H75ClN9O6P. The normalized spacial score (nSPS) is 16.3. The second-order valence-corrected chi connectivity index (χ2v) is 24.6. The van der Waals surface area contributed by atoms with Gasteiger partial charge >= 0.3 is 0 Å². The van der Waals surface area contributed by atoms with Crippen molar-refractivity contribution in [3.8, 4) is 11.5 Å². The van der Waals surface area contributed by atoms with E-state index in [0.29, 0.717) is 46.6 Å². The summed E-state index contributed by atoms with van der Waals surface area (Å²) < 4.78 is 25.0. The number of aromatic nitrogens is 2. The van der Waals surface area contributed by atoms with Crippen molar-refractivity contribution in [1.82, 2.24) is 36.1 Å². The molecule has 3 amide bonds. The fraction of sp³-hybridized carbons (Fsp3) is 0.456. The number of halogens is 1. The standard InChI is InChI=1S/C57H75ClN9O6P/c1-36-30-47(64-56-61-34-44(58)52(66-56)62-46-21-13-14-23-50(46)74(8,9)71)49(72-7)33-39(36)26-28-60-27-15-10-16-29-73-42-25-24-40-32-48(54(69)63-45-22-17-19-38-18-11-12-20-43(38)45)67(35-41(40)31-42)55(70)51(57(3,4)5)65-53(68)37(2)59-6/h11-14,18,20-21,23-25,30-31,33-34,37,45,48,51,59-60H,10,15-17,19,22,26-29,32,35H2,1-9H3,(H,63,69)(H,65,68)(H2,61,62,64,66)/t37-,45?,48?,51+/m1/s1. The van der Waals surface area contributed by atoms with Gasteiger partial charge in [-0.1, -0.05) is 74.8 Å². The van der Waals surface area contributed by atoms with E-state index in [2.05, 4.69) is 60.9 Å². The number of para-hydroxylation sites is 1. The van der Waals surface area contributed by atoms with Gasteiger partial charge in [-0.3, -0.25) is 14.4 Å². The zero-order chi connectivity index (χ0) is 53.2. The Hall–Kier alpha value is -5.99. The topological polar surface area (TPSA) is 188 Å². The molecule has 0 saturated heterocycles. The van der Waals surface area contributed by atoms with Crippen LogP contribution in [-0.4, -0.2) is 97.9 Å². The highest BCUT2D eigenvalue weighted by Gasteiger charge is 2.43. The summed E-state index contributed by atoms with van der Waals surface area (Å²) in [5, 5.41) is 20.5. The number of unbranched alkanes of at least 4 members (excludes halogenated alkanes) is 2. The van der Waals surface area contributed by atoms with Crippen LogP contribution in [0, 0.1) is 12.3 Å². The van der Waals surface area contributed by atoms with Gasteiger partial charge in [0, 0.05) is 18.3 Å². The minimum Gasteiger partial charge on any atom is -0.495 e.